The van der Waals surface area contributed by atoms with Crippen LogP contribution >= 0.6 is 0 Å². The lowest BCUT2D eigenvalue weighted by atomic mass is 9.97. The molecule has 0 unspecified atom stereocenters. The molecule has 4 rings (SSSR count). The smallest absolute Gasteiger partial charge is 0.243 e. The number of benzene rings is 2. The first-order valence-electron chi connectivity index (χ1n) is 11.0. The van der Waals surface area contributed by atoms with Crippen LogP contribution in [0.15, 0.2) is 47.4 Å². The Bertz CT molecular complexity index is 1210. The molecular weight excluding hydrogens is 426 g/mol. The second-order valence-corrected chi connectivity index (χ2v) is 10.4. The lowest BCUT2D eigenvalue weighted by Gasteiger charge is -2.30. The van der Waals surface area contributed by atoms with Gasteiger partial charge in [0, 0.05) is 24.7 Å². The van der Waals surface area contributed by atoms with E-state index in [1.807, 2.05) is 35.9 Å². The zero-order chi connectivity index (χ0) is 22.9. The molecule has 1 N–H and O–H groups in total. The topological polar surface area (TPSA) is 97.2 Å². The third-order valence-corrected chi connectivity index (χ3v) is 8.13. The third kappa shape index (κ3) is 4.40. The summed E-state index contributed by atoms with van der Waals surface area (Å²) < 4.78 is 29.7. The third-order valence-electron chi connectivity index (χ3n) is 6.23. The number of sulfonamides is 1. The van der Waals surface area contributed by atoms with E-state index in [2.05, 4.69) is 29.5 Å². The van der Waals surface area contributed by atoms with Crippen molar-refractivity contribution in [2.24, 2.45) is 5.92 Å². The van der Waals surface area contributed by atoms with Crippen LogP contribution in [-0.2, 0) is 14.8 Å². The van der Waals surface area contributed by atoms with Gasteiger partial charge in [-0.1, -0.05) is 29.8 Å². The van der Waals surface area contributed by atoms with E-state index in [4.69, 9.17) is 0 Å². The lowest BCUT2D eigenvalue weighted by molar-refractivity contribution is -0.120. The standard InChI is InChI=1S/C23H29N5O3S/c1-4-17(3)28-22-10-9-20(15-21(22)25-26-28)32(30,31)27-13-11-18(12-14-27)23(29)24-19-7-5-16(2)6-8-19/h5-10,15,17-18H,4,11-14H2,1-3H3,(H,24,29)/t17-/m0/s1. The van der Waals surface area contributed by atoms with Gasteiger partial charge in [0.1, 0.15) is 5.52 Å². The number of aromatic nitrogens is 3. The second-order valence-electron chi connectivity index (χ2n) is 8.48. The summed E-state index contributed by atoms with van der Waals surface area (Å²) in [6, 6.07) is 12.8. The van der Waals surface area contributed by atoms with Crippen LogP contribution in [0.3, 0.4) is 0 Å². The molecule has 1 amide bonds. The van der Waals surface area contributed by atoms with Gasteiger partial charge in [0.15, 0.2) is 0 Å². The van der Waals surface area contributed by atoms with E-state index < -0.39 is 10.0 Å². The van der Waals surface area contributed by atoms with Crippen LogP contribution in [0.5, 0.6) is 0 Å². The van der Waals surface area contributed by atoms with Gasteiger partial charge in [0.25, 0.3) is 0 Å². The van der Waals surface area contributed by atoms with Crippen LogP contribution in [0.4, 0.5) is 5.69 Å². The largest absolute Gasteiger partial charge is 0.326 e. The maximum Gasteiger partial charge on any atom is 0.243 e. The number of fused-ring (bicyclic) bond motifs is 1. The van der Waals surface area contributed by atoms with Crippen LogP contribution in [0.25, 0.3) is 11.0 Å². The predicted octanol–water partition coefficient (Wildman–Crippen LogP) is 3.75. The predicted molar refractivity (Wildman–Crippen MR) is 124 cm³/mol. The Kier molecular flexibility index (Phi) is 6.30. The maximum absolute atomic E-state index is 13.2. The lowest BCUT2D eigenvalue weighted by Crippen LogP contribution is -2.41. The Morgan fingerprint density at radius 1 is 1.16 bits per heavy atom. The number of hydrogen-bond acceptors (Lipinski definition) is 5. The number of anilines is 1. The molecule has 32 heavy (non-hydrogen) atoms. The average Bonchev–Trinajstić information content (AvgIpc) is 3.23. The van der Waals surface area contributed by atoms with E-state index in [0.717, 1.165) is 23.2 Å². The first-order chi connectivity index (χ1) is 15.3. The molecule has 0 spiro atoms. The summed E-state index contributed by atoms with van der Waals surface area (Å²) in [5, 5.41) is 11.3. The zero-order valence-electron chi connectivity index (χ0n) is 18.7. The van der Waals surface area contributed by atoms with Crippen molar-refractivity contribution in [1.82, 2.24) is 19.3 Å². The molecule has 0 bridgehead atoms. The van der Waals surface area contributed by atoms with Crippen LogP contribution in [0.2, 0.25) is 0 Å². The monoisotopic (exact) mass is 455 g/mol. The molecule has 170 valence electrons. The fourth-order valence-electron chi connectivity index (χ4n) is 3.97. The van der Waals surface area contributed by atoms with Crippen LogP contribution in [0, 0.1) is 12.8 Å². The Morgan fingerprint density at radius 3 is 2.50 bits per heavy atom. The molecular formula is C23H29N5O3S. The van der Waals surface area contributed by atoms with Crippen molar-refractivity contribution in [1.29, 1.82) is 0 Å². The van der Waals surface area contributed by atoms with Gasteiger partial charge in [-0.3, -0.25) is 4.79 Å². The Hall–Kier alpha value is -2.78. The average molecular weight is 456 g/mol. The van der Waals surface area contributed by atoms with Crippen molar-refractivity contribution < 1.29 is 13.2 Å². The highest BCUT2D eigenvalue weighted by atomic mass is 32.2. The van der Waals surface area contributed by atoms with E-state index >= 15 is 0 Å². The first-order valence-corrected chi connectivity index (χ1v) is 12.5. The van der Waals surface area contributed by atoms with E-state index in [9.17, 15) is 13.2 Å². The summed E-state index contributed by atoms with van der Waals surface area (Å²) >= 11 is 0. The van der Waals surface area contributed by atoms with Crippen molar-refractivity contribution in [2.75, 3.05) is 18.4 Å². The molecule has 0 radical (unpaired) electrons. The van der Waals surface area contributed by atoms with Gasteiger partial charge in [0.05, 0.1) is 16.5 Å². The molecule has 1 aromatic heterocycles. The van der Waals surface area contributed by atoms with Crippen molar-refractivity contribution in [3.05, 3.63) is 48.0 Å². The molecule has 2 heterocycles. The molecule has 1 fully saturated rings. The van der Waals surface area contributed by atoms with E-state index in [1.165, 1.54) is 4.31 Å². The number of carbonyl (C=O) groups excluding carboxylic acids is 1. The van der Waals surface area contributed by atoms with Crippen molar-refractivity contribution >= 4 is 32.7 Å². The van der Waals surface area contributed by atoms with Crippen molar-refractivity contribution in [3.63, 3.8) is 0 Å². The van der Waals surface area contributed by atoms with Gasteiger partial charge in [-0.15, -0.1) is 5.10 Å². The minimum Gasteiger partial charge on any atom is -0.326 e. The molecule has 8 nitrogen and oxygen atoms in total. The SMILES string of the molecule is CC[C@H](C)n1nnc2cc(S(=O)(=O)N3CCC(C(=O)Nc4ccc(C)cc4)CC3)ccc21. The highest BCUT2D eigenvalue weighted by Gasteiger charge is 2.32. The summed E-state index contributed by atoms with van der Waals surface area (Å²) in [5.41, 5.74) is 3.28. The number of amides is 1. The Balaban J connectivity index is 1.43. The zero-order valence-corrected chi connectivity index (χ0v) is 19.5. The fraction of sp³-hybridized carbons (Fsp3) is 0.435. The minimum absolute atomic E-state index is 0.0611. The van der Waals surface area contributed by atoms with Crippen molar-refractivity contribution in [2.45, 2.75) is 51.0 Å². The van der Waals surface area contributed by atoms with E-state index in [-0.39, 0.29) is 22.8 Å². The normalized spacial score (nSPS) is 16.8. The van der Waals surface area contributed by atoms with E-state index in [0.29, 0.717) is 31.4 Å². The molecule has 3 aromatic rings. The van der Waals surface area contributed by atoms with Gasteiger partial charge in [-0.05, 0) is 63.4 Å². The van der Waals surface area contributed by atoms with Gasteiger partial charge in [0.2, 0.25) is 15.9 Å². The van der Waals surface area contributed by atoms with Crippen molar-refractivity contribution in [3.8, 4) is 0 Å². The minimum atomic E-state index is -3.66. The quantitative estimate of drug-likeness (QED) is 0.611. The molecule has 0 saturated carbocycles. The number of hydrogen-bond donors (Lipinski definition) is 1. The van der Waals surface area contributed by atoms with Gasteiger partial charge < -0.3 is 5.32 Å². The number of carbonyl (C=O) groups is 1. The number of piperidine rings is 1. The number of nitrogens with one attached hydrogen (secondary N) is 1. The first kappa shape index (κ1) is 22.4. The summed E-state index contributed by atoms with van der Waals surface area (Å²) in [7, 11) is -3.66. The molecule has 2 aromatic carbocycles. The summed E-state index contributed by atoms with van der Waals surface area (Å²) in [6.07, 6.45) is 1.89. The number of nitrogens with zero attached hydrogens (tertiary/aromatic N) is 4. The summed E-state index contributed by atoms with van der Waals surface area (Å²) in [5.74, 6) is -0.269. The maximum atomic E-state index is 13.2. The molecule has 1 aliphatic rings. The number of aryl methyl sites for hydroxylation is 1. The van der Waals surface area contributed by atoms with Crippen LogP contribution < -0.4 is 5.32 Å². The van der Waals surface area contributed by atoms with Gasteiger partial charge >= 0.3 is 0 Å². The molecule has 0 aliphatic carbocycles. The van der Waals surface area contributed by atoms with Gasteiger partial charge in [-0.2, -0.15) is 4.31 Å². The molecule has 1 aliphatic heterocycles. The number of rotatable bonds is 6. The summed E-state index contributed by atoms with van der Waals surface area (Å²) in [6.45, 7) is 6.74. The van der Waals surface area contributed by atoms with Crippen LogP contribution in [0.1, 0.15) is 44.7 Å². The van der Waals surface area contributed by atoms with E-state index in [1.54, 1.807) is 18.2 Å². The molecule has 9 heteroatoms. The highest BCUT2D eigenvalue weighted by Crippen LogP contribution is 2.27. The Labute approximate surface area is 188 Å². The molecule has 1 saturated heterocycles. The molecule has 1 atom stereocenters. The summed E-state index contributed by atoms with van der Waals surface area (Å²) in [4.78, 5) is 12.8. The van der Waals surface area contributed by atoms with Gasteiger partial charge in [-0.25, -0.2) is 13.1 Å². The highest BCUT2D eigenvalue weighted by molar-refractivity contribution is 7.89. The fourth-order valence-corrected chi connectivity index (χ4v) is 5.46. The second kappa shape index (κ2) is 8.99. The Morgan fingerprint density at radius 2 is 1.84 bits per heavy atom. The van der Waals surface area contributed by atoms with Crippen LogP contribution in [-0.4, -0.2) is 46.7 Å².